The van der Waals surface area contributed by atoms with Crippen molar-refractivity contribution in [3.05, 3.63) is 50.8 Å². The van der Waals surface area contributed by atoms with Gasteiger partial charge in [-0.25, -0.2) is 0 Å². The Hall–Kier alpha value is -0.780. The van der Waals surface area contributed by atoms with Crippen LogP contribution in [0.5, 0.6) is 5.75 Å². The molecule has 0 saturated heterocycles. The Kier molecular flexibility index (Phi) is 5.07. The number of benzene rings is 1. The van der Waals surface area contributed by atoms with E-state index in [9.17, 15) is 0 Å². The van der Waals surface area contributed by atoms with Crippen molar-refractivity contribution in [2.45, 2.75) is 19.5 Å². The van der Waals surface area contributed by atoms with Crippen LogP contribution in [0.3, 0.4) is 0 Å². The molecule has 0 bridgehead atoms. The first-order valence-corrected chi connectivity index (χ1v) is 7.49. The summed E-state index contributed by atoms with van der Waals surface area (Å²) in [6.07, 6.45) is 1.69. The minimum atomic E-state index is 0.176. The number of furan rings is 1. The summed E-state index contributed by atoms with van der Waals surface area (Å²) in [5.41, 5.74) is 1.16. The maximum atomic E-state index is 5.37. The molecular formula is C14H15Br2NO2. The van der Waals surface area contributed by atoms with Crippen LogP contribution in [0, 0.1) is 0 Å². The van der Waals surface area contributed by atoms with Gasteiger partial charge >= 0.3 is 0 Å². The average molecular weight is 389 g/mol. The minimum Gasteiger partial charge on any atom is -0.494 e. The SMILES string of the molecule is COc1c(Br)cc(CN[C@H](C)c2ccco2)cc1Br. The van der Waals surface area contributed by atoms with Crippen molar-refractivity contribution in [3.8, 4) is 5.75 Å². The summed E-state index contributed by atoms with van der Waals surface area (Å²) >= 11 is 7.01. The lowest BCUT2D eigenvalue weighted by atomic mass is 10.2. The predicted molar refractivity (Wildman–Crippen MR) is 82.4 cm³/mol. The van der Waals surface area contributed by atoms with E-state index < -0.39 is 0 Å². The molecule has 0 unspecified atom stereocenters. The zero-order valence-electron chi connectivity index (χ0n) is 10.7. The number of halogens is 2. The van der Waals surface area contributed by atoms with Gasteiger partial charge in [0.25, 0.3) is 0 Å². The Morgan fingerprint density at radius 3 is 2.53 bits per heavy atom. The third-order valence-electron chi connectivity index (χ3n) is 2.84. The quantitative estimate of drug-likeness (QED) is 0.808. The van der Waals surface area contributed by atoms with E-state index in [1.807, 2.05) is 24.3 Å². The Balaban J connectivity index is 2.04. The molecule has 0 amide bonds. The molecule has 1 atom stereocenters. The van der Waals surface area contributed by atoms with Gasteiger partial charge in [-0.3, -0.25) is 0 Å². The number of hydrogen-bond donors (Lipinski definition) is 1. The smallest absolute Gasteiger partial charge is 0.147 e. The first-order chi connectivity index (χ1) is 9.11. The molecule has 2 rings (SSSR count). The van der Waals surface area contributed by atoms with Crippen molar-refractivity contribution in [2.24, 2.45) is 0 Å². The zero-order valence-corrected chi connectivity index (χ0v) is 13.9. The summed E-state index contributed by atoms with van der Waals surface area (Å²) in [5.74, 6) is 1.74. The molecule has 0 saturated carbocycles. The number of ether oxygens (including phenoxy) is 1. The van der Waals surface area contributed by atoms with E-state index >= 15 is 0 Å². The Morgan fingerprint density at radius 1 is 1.32 bits per heavy atom. The molecule has 1 aromatic carbocycles. The van der Waals surface area contributed by atoms with Crippen LogP contribution >= 0.6 is 31.9 Å². The van der Waals surface area contributed by atoms with Crippen molar-refractivity contribution < 1.29 is 9.15 Å². The molecule has 1 heterocycles. The van der Waals surface area contributed by atoms with E-state index in [1.165, 1.54) is 0 Å². The first kappa shape index (κ1) is 14.6. The highest BCUT2D eigenvalue weighted by molar-refractivity contribution is 9.11. The number of hydrogen-bond acceptors (Lipinski definition) is 3. The normalized spacial score (nSPS) is 12.4. The van der Waals surface area contributed by atoms with Crippen LogP contribution in [-0.2, 0) is 6.54 Å². The Bertz CT molecular complexity index is 517. The van der Waals surface area contributed by atoms with Crippen molar-refractivity contribution in [1.29, 1.82) is 0 Å². The highest BCUT2D eigenvalue weighted by Gasteiger charge is 2.10. The molecule has 3 nitrogen and oxygen atoms in total. The van der Waals surface area contributed by atoms with Gasteiger partial charge in [0.2, 0.25) is 0 Å². The topological polar surface area (TPSA) is 34.4 Å². The van der Waals surface area contributed by atoms with Crippen molar-refractivity contribution >= 4 is 31.9 Å². The summed E-state index contributed by atoms with van der Waals surface area (Å²) in [6.45, 7) is 2.83. The minimum absolute atomic E-state index is 0.176. The van der Waals surface area contributed by atoms with Gasteiger partial charge in [0.1, 0.15) is 11.5 Å². The van der Waals surface area contributed by atoms with E-state index in [2.05, 4.69) is 44.1 Å². The lowest BCUT2D eigenvalue weighted by molar-refractivity contribution is 0.408. The lowest BCUT2D eigenvalue weighted by Gasteiger charge is -2.13. The number of methoxy groups -OCH3 is 1. The van der Waals surface area contributed by atoms with Gasteiger partial charge in [-0.1, -0.05) is 0 Å². The fourth-order valence-electron chi connectivity index (χ4n) is 1.82. The number of rotatable bonds is 5. The molecule has 0 fully saturated rings. The third kappa shape index (κ3) is 3.61. The maximum Gasteiger partial charge on any atom is 0.147 e. The van der Waals surface area contributed by atoms with Crippen LogP contribution in [-0.4, -0.2) is 7.11 Å². The van der Waals surface area contributed by atoms with Crippen molar-refractivity contribution in [3.63, 3.8) is 0 Å². The number of nitrogens with one attached hydrogen (secondary N) is 1. The molecular weight excluding hydrogens is 374 g/mol. The van der Waals surface area contributed by atoms with Crippen LogP contribution in [0.25, 0.3) is 0 Å². The van der Waals surface area contributed by atoms with Gasteiger partial charge in [0.15, 0.2) is 0 Å². The molecule has 1 N–H and O–H groups in total. The molecule has 0 aliphatic rings. The molecule has 102 valence electrons. The van der Waals surface area contributed by atoms with Crippen molar-refractivity contribution in [2.75, 3.05) is 7.11 Å². The largest absolute Gasteiger partial charge is 0.494 e. The van der Waals surface area contributed by atoms with E-state index in [1.54, 1.807) is 13.4 Å². The average Bonchev–Trinajstić information content (AvgIpc) is 2.89. The fraction of sp³-hybridized carbons (Fsp3) is 0.286. The van der Waals surface area contributed by atoms with E-state index in [4.69, 9.17) is 9.15 Å². The predicted octanol–water partition coefficient (Wildman–Crippen LogP) is 4.66. The summed E-state index contributed by atoms with van der Waals surface area (Å²) in [5, 5.41) is 3.42. The van der Waals surface area contributed by atoms with Crippen LogP contribution in [0.4, 0.5) is 0 Å². The molecule has 19 heavy (non-hydrogen) atoms. The molecule has 5 heteroatoms. The van der Waals surface area contributed by atoms with Crippen LogP contribution in [0.1, 0.15) is 24.3 Å². The molecule has 0 aliphatic heterocycles. The summed E-state index contributed by atoms with van der Waals surface area (Å²) in [4.78, 5) is 0. The molecule has 0 spiro atoms. The van der Waals surface area contributed by atoms with Gasteiger partial charge in [-0.2, -0.15) is 0 Å². The lowest BCUT2D eigenvalue weighted by Crippen LogP contribution is -2.17. The second kappa shape index (κ2) is 6.59. The first-order valence-electron chi connectivity index (χ1n) is 5.90. The second-order valence-electron chi connectivity index (χ2n) is 4.21. The van der Waals surface area contributed by atoms with Crippen LogP contribution in [0.15, 0.2) is 43.9 Å². The van der Waals surface area contributed by atoms with E-state index in [0.717, 1.165) is 32.6 Å². The van der Waals surface area contributed by atoms with E-state index in [-0.39, 0.29) is 6.04 Å². The van der Waals surface area contributed by atoms with Crippen LogP contribution in [0.2, 0.25) is 0 Å². The summed E-state index contributed by atoms with van der Waals surface area (Å²) < 4.78 is 12.5. The Labute approximate surface area is 129 Å². The zero-order chi connectivity index (χ0) is 13.8. The monoisotopic (exact) mass is 387 g/mol. The second-order valence-corrected chi connectivity index (χ2v) is 5.92. The van der Waals surface area contributed by atoms with Crippen LogP contribution < -0.4 is 10.1 Å². The van der Waals surface area contributed by atoms with E-state index in [0.29, 0.717) is 0 Å². The van der Waals surface area contributed by atoms with Gasteiger partial charge in [0.05, 0.1) is 28.4 Å². The van der Waals surface area contributed by atoms with Gasteiger partial charge in [-0.05, 0) is 68.6 Å². The highest BCUT2D eigenvalue weighted by Crippen LogP contribution is 2.34. The fourth-order valence-corrected chi connectivity index (χ4v) is 3.42. The highest BCUT2D eigenvalue weighted by atomic mass is 79.9. The summed E-state index contributed by atoms with van der Waals surface area (Å²) in [6, 6.07) is 8.14. The summed E-state index contributed by atoms with van der Waals surface area (Å²) in [7, 11) is 1.65. The van der Waals surface area contributed by atoms with Gasteiger partial charge in [-0.15, -0.1) is 0 Å². The Morgan fingerprint density at radius 2 is 2.00 bits per heavy atom. The molecule has 2 aromatic rings. The van der Waals surface area contributed by atoms with Gasteiger partial charge < -0.3 is 14.5 Å². The molecule has 0 radical (unpaired) electrons. The maximum absolute atomic E-state index is 5.37. The molecule has 0 aliphatic carbocycles. The van der Waals surface area contributed by atoms with Gasteiger partial charge in [0, 0.05) is 6.54 Å². The molecule has 1 aromatic heterocycles. The standard InChI is InChI=1S/C14H15Br2NO2/c1-9(13-4-3-5-19-13)17-8-10-6-11(15)14(18-2)12(16)7-10/h3-7,9,17H,8H2,1-2H3/t9-/m1/s1. The van der Waals surface area contributed by atoms with Crippen molar-refractivity contribution in [1.82, 2.24) is 5.32 Å². The third-order valence-corrected chi connectivity index (χ3v) is 4.02.